The van der Waals surface area contributed by atoms with Gasteiger partial charge in [-0.15, -0.1) is 0 Å². The molecule has 2 heteroatoms. The molecule has 0 radical (unpaired) electrons. The Hall–Kier alpha value is -0.860. The van der Waals surface area contributed by atoms with Gasteiger partial charge in [-0.25, -0.2) is 0 Å². The van der Waals surface area contributed by atoms with Gasteiger partial charge in [0.2, 0.25) is 0 Å². The molecule has 1 aromatic rings. The Bertz CT molecular complexity index is 273. The van der Waals surface area contributed by atoms with Gasteiger partial charge in [0.05, 0.1) is 6.10 Å². The highest BCUT2D eigenvalue weighted by Crippen LogP contribution is 2.13. The van der Waals surface area contributed by atoms with Crippen molar-refractivity contribution >= 4 is 0 Å². The Morgan fingerprint density at radius 2 is 2.07 bits per heavy atom. The van der Waals surface area contributed by atoms with Gasteiger partial charge >= 0.3 is 0 Å². The lowest BCUT2D eigenvalue weighted by Crippen LogP contribution is -2.30. The van der Waals surface area contributed by atoms with E-state index in [2.05, 4.69) is 29.6 Å². The van der Waals surface area contributed by atoms with Crippen molar-refractivity contribution in [2.75, 3.05) is 6.54 Å². The van der Waals surface area contributed by atoms with Gasteiger partial charge in [-0.2, -0.15) is 0 Å². The summed E-state index contributed by atoms with van der Waals surface area (Å²) in [5, 5.41) is 12.9. The molecule has 1 aromatic carbocycles. The molecule has 0 spiro atoms. The fourth-order valence-corrected chi connectivity index (χ4v) is 2.02. The fraction of sp³-hybridized carbons (Fsp3) is 0.500. The molecule has 0 amide bonds. The largest absolute Gasteiger partial charge is 0.391 e. The molecule has 1 aliphatic heterocycles. The Kier molecular flexibility index (Phi) is 3.17. The summed E-state index contributed by atoms with van der Waals surface area (Å²) in [6.45, 7) is 0.959. The second kappa shape index (κ2) is 4.58. The third-order valence-corrected chi connectivity index (χ3v) is 2.90. The molecule has 0 bridgehead atoms. The van der Waals surface area contributed by atoms with E-state index in [0.717, 1.165) is 25.8 Å². The number of rotatable bonds is 3. The van der Waals surface area contributed by atoms with Crippen molar-refractivity contribution < 1.29 is 5.11 Å². The van der Waals surface area contributed by atoms with Crippen LogP contribution in [0.25, 0.3) is 0 Å². The first-order valence-electron chi connectivity index (χ1n) is 5.31. The minimum atomic E-state index is -0.140. The van der Waals surface area contributed by atoms with Crippen molar-refractivity contribution in [3.63, 3.8) is 0 Å². The lowest BCUT2D eigenvalue weighted by atomic mass is 10.0. The summed E-state index contributed by atoms with van der Waals surface area (Å²) in [6.07, 6.45) is 2.85. The van der Waals surface area contributed by atoms with Crippen LogP contribution in [-0.2, 0) is 6.42 Å². The van der Waals surface area contributed by atoms with Crippen LogP contribution >= 0.6 is 0 Å². The van der Waals surface area contributed by atoms with Crippen LogP contribution in [-0.4, -0.2) is 23.8 Å². The maximum atomic E-state index is 9.60. The Morgan fingerprint density at radius 3 is 2.71 bits per heavy atom. The Balaban J connectivity index is 1.82. The van der Waals surface area contributed by atoms with Crippen LogP contribution in [0.4, 0.5) is 0 Å². The summed E-state index contributed by atoms with van der Waals surface area (Å²) in [5.74, 6) is 0. The molecule has 2 nitrogen and oxygen atoms in total. The average molecular weight is 191 g/mol. The standard InChI is InChI=1S/C12H17NO/c14-12-8-9-13-11(12)7-6-10-4-2-1-3-5-10/h1-5,11-14H,6-9H2/t11-,12-/m0/s1. The zero-order valence-corrected chi connectivity index (χ0v) is 8.32. The highest BCUT2D eigenvalue weighted by Gasteiger charge is 2.23. The summed E-state index contributed by atoms with van der Waals surface area (Å²) in [6, 6.07) is 10.7. The van der Waals surface area contributed by atoms with Crippen LogP contribution in [0.5, 0.6) is 0 Å². The molecule has 1 aliphatic rings. The highest BCUT2D eigenvalue weighted by atomic mass is 16.3. The fourth-order valence-electron chi connectivity index (χ4n) is 2.02. The molecule has 2 rings (SSSR count). The molecule has 0 aromatic heterocycles. The molecule has 0 unspecified atom stereocenters. The first-order chi connectivity index (χ1) is 6.86. The molecule has 0 aliphatic carbocycles. The van der Waals surface area contributed by atoms with Gasteiger partial charge in [0.25, 0.3) is 0 Å². The van der Waals surface area contributed by atoms with Crippen molar-refractivity contribution in [3.05, 3.63) is 35.9 Å². The van der Waals surface area contributed by atoms with Crippen molar-refractivity contribution in [1.29, 1.82) is 0 Å². The Labute approximate surface area is 85.0 Å². The molecule has 76 valence electrons. The molecular formula is C12H17NO. The van der Waals surface area contributed by atoms with Gasteiger partial charge in [0.1, 0.15) is 0 Å². The molecule has 2 atom stereocenters. The molecule has 0 saturated carbocycles. The third-order valence-electron chi connectivity index (χ3n) is 2.90. The monoisotopic (exact) mass is 191 g/mol. The van der Waals surface area contributed by atoms with Gasteiger partial charge in [-0.3, -0.25) is 0 Å². The second-order valence-corrected chi connectivity index (χ2v) is 3.94. The molecule has 1 fully saturated rings. The van der Waals surface area contributed by atoms with E-state index >= 15 is 0 Å². The van der Waals surface area contributed by atoms with E-state index in [1.807, 2.05) is 6.07 Å². The molecule has 1 heterocycles. The smallest absolute Gasteiger partial charge is 0.0705 e. The van der Waals surface area contributed by atoms with E-state index in [4.69, 9.17) is 0 Å². The number of hydrogen-bond acceptors (Lipinski definition) is 2. The van der Waals surface area contributed by atoms with Gasteiger partial charge in [-0.1, -0.05) is 30.3 Å². The number of hydrogen-bond donors (Lipinski definition) is 2. The van der Waals surface area contributed by atoms with E-state index in [1.165, 1.54) is 5.56 Å². The van der Waals surface area contributed by atoms with Gasteiger partial charge in [0, 0.05) is 6.04 Å². The molecule has 2 N–H and O–H groups in total. The first-order valence-corrected chi connectivity index (χ1v) is 5.31. The third kappa shape index (κ3) is 2.34. The molecular weight excluding hydrogens is 174 g/mol. The minimum Gasteiger partial charge on any atom is -0.391 e. The van der Waals surface area contributed by atoms with Crippen LogP contribution in [0.15, 0.2) is 30.3 Å². The molecule has 1 saturated heterocycles. The topological polar surface area (TPSA) is 32.3 Å². The quantitative estimate of drug-likeness (QED) is 0.755. The lowest BCUT2D eigenvalue weighted by Gasteiger charge is -2.14. The lowest BCUT2D eigenvalue weighted by molar-refractivity contribution is 0.155. The summed E-state index contributed by atoms with van der Waals surface area (Å²) < 4.78 is 0. The maximum Gasteiger partial charge on any atom is 0.0705 e. The summed E-state index contributed by atoms with van der Waals surface area (Å²) >= 11 is 0. The van der Waals surface area contributed by atoms with E-state index in [-0.39, 0.29) is 6.10 Å². The predicted molar refractivity (Wildman–Crippen MR) is 57.2 cm³/mol. The second-order valence-electron chi connectivity index (χ2n) is 3.94. The number of nitrogens with one attached hydrogen (secondary N) is 1. The van der Waals surface area contributed by atoms with Crippen LogP contribution < -0.4 is 5.32 Å². The first kappa shape index (κ1) is 9.69. The SMILES string of the molecule is O[C@H]1CCN[C@H]1CCc1ccccc1. The van der Waals surface area contributed by atoms with Crippen molar-refractivity contribution in [2.24, 2.45) is 0 Å². The van der Waals surface area contributed by atoms with E-state index < -0.39 is 0 Å². The van der Waals surface area contributed by atoms with Gasteiger partial charge in [-0.05, 0) is 31.4 Å². The van der Waals surface area contributed by atoms with Crippen molar-refractivity contribution in [2.45, 2.75) is 31.4 Å². The zero-order valence-electron chi connectivity index (χ0n) is 8.32. The normalized spacial score (nSPS) is 26.6. The summed E-state index contributed by atoms with van der Waals surface area (Å²) in [5.41, 5.74) is 1.36. The highest BCUT2D eigenvalue weighted by molar-refractivity contribution is 5.14. The van der Waals surface area contributed by atoms with Gasteiger partial charge < -0.3 is 10.4 Å². The van der Waals surface area contributed by atoms with E-state index in [0.29, 0.717) is 6.04 Å². The minimum absolute atomic E-state index is 0.140. The summed E-state index contributed by atoms with van der Waals surface area (Å²) in [4.78, 5) is 0. The van der Waals surface area contributed by atoms with Crippen LogP contribution in [0.1, 0.15) is 18.4 Å². The van der Waals surface area contributed by atoms with Crippen LogP contribution in [0, 0.1) is 0 Å². The number of aliphatic hydroxyl groups excluding tert-OH is 1. The maximum absolute atomic E-state index is 9.60. The van der Waals surface area contributed by atoms with E-state index in [1.54, 1.807) is 0 Å². The van der Waals surface area contributed by atoms with E-state index in [9.17, 15) is 5.11 Å². The predicted octanol–water partition coefficient (Wildman–Crippen LogP) is 1.34. The molecule has 14 heavy (non-hydrogen) atoms. The zero-order chi connectivity index (χ0) is 9.80. The number of benzene rings is 1. The van der Waals surface area contributed by atoms with Crippen LogP contribution in [0.2, 0.25) is 0 Å². The average Bonchev–Trinajstić information content (AvgIpc) is 2.63. The van der Waals surface area contributed by atoms with Crippen molar-refractivity contribution in [1.82, 2.24) is 5.32 Å². The van der Waals surface area contributed by atoms with Gasteiger partial charge in [0.15, 0.2) is 0 Å². The number of aliphatic hydroxyl groups is 1. The van der Waals surface area contributed by atoms with Crippen LogP contribution in [0.3, 0.4) is 0 Å². The Morgan fingerprint density at radius 1 is 1.29 bits per heavy atom. The van der Waals surface area contributed by atoms with Crippen molar-refractivity contribution in [3.8, 4) is 0 Å². The number of aryl methyl sites for hydroxylation is 1. The summed E-state index contributed by atoms with van der Waals surface area (Å²) in [7, 11) is 0.